The maximum atomic E-state index is 11.5. The molecule has 2 aliphatic rings. The van der Waals surface area contributed by atoms with Crippen LogP contribution in [0.4, 0.5) is 4.79 Å². The van der Waals surface area contributed by atoms with E-state index in [-0.39, 0.29) is 12.1 Å². The van der Waals surface area contributed by atoms with Gasteiger partial charge < -0.3 is 4.74 Å². The first-order chi connectivity index (χ1) is 6.61. The molecule has 0 unspecified atom stereocenters. The highest BCUT2D eigenvalue weighted by Gasteiger charge is 2.32. The predicted molar refractivity (Wildman–Crippen MR) is 53.1 cm³/mol. The number of hydrogen-bond acceptors (Lipinski definition) is 3. The van der Waals surface area contributed by atoms with Crippen LogP contribution in [0.2, 0.25) is 0 Å². The molecule has 0 saturated carbocycles. The van der Waals surface area contributed by atoms with E-state index >= 15 is 0 Å². The summed E-state index contributed by atoms with van der Waals surface area (Å²) >= 11 is 0. The van der Waals surface area contributed by atoms with Crippen LogP contribution in [0.25, 0.3) is 0 Å². The predicted octanol–water partition coefficient (Wildman–Crippen LogP) is 1.92. The minimum absolute atomic E-state index is 0.187. The fourth-order valence-electron chi connectivity index (χ4n) is 1.90. The molecule has 0 aromatic carbocycles. The van der Waals surface area contributed by atoms with E-state index in [0.29, 0.717) is 6.61 Å². The normalized spacial score (nSPS) is 27.1. The highest BCUT2D eigenvalue weighted by molar-refractivity contribution is 5.97. The second kappa shape index (κ2) is 3.12. The molecule has 2 aliphatic heterocycles. The summed E-state index contributed by atoms with van der Waals surface area (Å²) in [5.41, 5.74) is 2.24. The first kappa shape index (κ1) is 9.24. The van der Waals surface area contributed by atoms with Crippen LogP contribution in [-0.4, -0.2) is 29.5 Å². The summed E-state index contributed by atoms with van der Waals surface area (Å²) in [7, 11) is 0. The Morgan fingerprint density at radius 1 is 1.50 bits per heavy atom. The number of hydrogen-bond donors (Lipinski definition) is 0. The average Bonchev–Trinajstić information content (AvgIpc) is 2.14. The molecule has 2 heterocycles. The number of amidine groups is 1. The van der Waals surface area contributed by atoms with Crippen LogP contribution in [0.15, 0.2) is 16.3 Å². The van der Waals surface area contributed by atoms with Gasteiger partial charge in [0, 0.05) is 12.1 Å². The van der Waals surface area contributed by atoms with Crippen molar-refractivity contribution in [2.45, 2.75) is 33.2 Å². The Hall–Kier alpha value is -1.32. The van der Waals surface area contributed by atoms with Crippen LogP contribution in [-0.2, 0) is 4.74 Å². The molecule has 0 bridgehead atoms. The first-order valence-corrected chi connectivity index (χ1v) is 4.82. The zero-order chi connectivity index (χ0) is 10.3. The minimum Gasteiger partial charge on any atom is -0.448 e. The third-order valence-electron chi connectivity index (χ3n) is 2.80. The molecule has 0 N–H and O–H groups in total. The van der Waals surface area contributed by atoms with Gasteiger partial charge in [-0.15, -0.1) is 0 Å². The van der Waals surface area contributed by atoms with Crippen molar-refractivity contribution in [2.75, 3.05) is 6.61 Å². The Kier molecular flexibility index (Phi) is 2.06. The summed E-state index contributed by atoms with van der Waals surface area (Å²) in [6.45, 7) is 6.40. The summed E-state index contributed by atoms with van der Waals surface area (Å²) < 4.78 is 4.97. The van der Waals surface area contributed by atoms with Crippen molar-refractivity contribution in [3.8, 4) is 0 Å². The summed E-state index contributed by atoms with van der Waals surface area (Å²) in [5.74, 6) is 0.739. The largest absolute Gasteiger partial charge is 0.448 e. The lowest BCUT2D eigenvalue weighted by Gasteiger charge is -2.34. The van der Waals surface area contributed by atoms with E-state index in [4.69, 9.17) is 4.74 Å². The maximum absolute atomic E-state index is 11.5. The fourth-order valence-corrected chi connectivity index (χ4v) is 1.90. The van der Waals surface area contributed by atoms with E-state index in [1.165, 1.54) is 5.57 Å². The summed E-state index contributed by atoms with van der Waals surface area (Å²) in [4.78, 5) is 17.4. The third kappa shape index (κ3) is 1.22. The molecule has 0 aromatic heterocycles. The lowest BCUT2D eigenvalue weighted by Crippen LogP contribution is -2.43. The van der Waals surface area contributed by atoms with Crippen molar-refractivity contribution in [1.29, 1.82) is 0 Å². The van der Waals surface area contributed by atoms with Crippen molar-refractivity contribution in [2.24, 2.45) is 4.99 Å². The van der Waals surface area contributed by atoms with E-state index in [2.05, 4.69) is 4.99 Å². The van der Waals surface area contributed by atoms with Crippen molar-refractivity contribution in [1.82, 2.24) is 4.90 Å². The number of cyclic esters (lactones) is 1. The average molecular weight is 194 g/mol. The Morgan fingerprint density at radius 3 is 2.93 bits per heavy atom. The zero-order valence-corrected chi connectivity index (χ0v) is 8.70. The van der Waals surface area contributed by atoms with Crippen LogP contribution in [0.5, 0.6) is 0 Å². The minimum atomic E-state index is -0.293. The van der Waals surface area contributed by atoms with E-state index in [1.54, 1.807) is 4.90 Å². The van der Waals surface area contributed by atoms with Gasteiger partial charge >= 0.3 is 6.09 Å². The van der Waals surface area contributed by atoms with E-state index < -0.39 is 0 Å². The number of aliphatic imine (C=N–C) groups is 1. The number of rotatable bonds is 0. The lowest BCUT2D eigenvalue weighted by atomic mass is 10.0. The highest BCUT2D eigenvalue weighted by Crippen LogP contribution is 2.27. The summed E-state index contributed by atoms with van der Waals surface area (Å²) in [6, 6.07) is 0.187. The molecule has 0 aliphatic carbocycles. The second-order valence-corrected chi connectivity index (χ2v) is 3.68. The molecule has 76 valence electrons. The number of fused-ring (bicyclic) bond motifs is 1. The van der Waals surface area contributed by atoms with Gasteiger partial charge in [-0.1, -0.05) is 0 Å². The van der Waals surface area contributed by atoms with Gasteiger partial charge in [0.1, 0.15) is 5.84 Å². The van der Waals surface area contributed by atoms with E-state index in [9.17, 15) is 4.79 Å². The molecule has 0 spiro atoms. The Balaban J connectivity index is 2.43. The number of nitrogens with zero attached hydrogens (tertiary/aromatic N) is 2. The molecule has 1 fully saturated rings. The van der Waals surface area contributed by atoms with Gasteiger partial charge in [0.15, 0.2) is 0 Å². The van der Waals surface area contributed by atoms with E-state index in [1.807, 2.05) is 20.8 Å². The quantitative estimate of drug-likeness (QED) is 0.591. The maximum Gasteiger partial charge on any atom is 0.419 e. The van der Waals surface area contributed by atoms with Gasteiger partial charge in [0.05, 0.1) is 12.6 Å². The van der Waals surface area contributed by atoms with Crippen LogP contribution in [0.3, 0.4) is 0 Å². The Bertz CT molecular complexity index is 344. The Labute approximate surface area is 83.3 Å². The number of carbonyl (C=O) groups excluding carboxylic acids is 1. The van der Waals surface area contributed by atoms with Crippen LogP contribution >= 0.6 is 0 Å². The molecule has 1 atom stereocenters. The van der Waals surface area contributed by atoms with Crippen molar-refractivity contribution in [3.05, 3.63) is 11.3 Å². The molecule has 4 nitrogen and oxygen atoms in total. The van der Waals surface area contributed by atoms with Crippen molar-refractivity contribution < 1.29 is 9.53 Å². The molecule has 4 heteroatoms. The topological polar surface area (TPSA) is 41.9 Å². The SMILES string of the molecule is CC1=N[C@@H](C)C(C)=C2CCOC(=O)N12. The van der Waals surface area contributed by atoms with Crippen LogP contribution < -0.4 is 0 Å². The molecule has 0 radical (unpaired) electrons. The molecular weight excluding hydrogens is 180 g/mol. The number of carbonyl (C=O) groups is 1. The molecular formula is C10H14N2O2. The smallest absolute Gasteiger partial charge is 0.419 e. The highest BCUT2D eigenvalue weighted by atomic mass is 16.6. The number of amides is 1. The van der Waals surface area contributed by atoms with Gasteiger partial charge in [0.25, 0.3) is 0 Å². The lowest BCUT2D eigenvalue weighted by molar-refractivity contribution is 0.110. The van der Waals surface area contributed by atoms with Gasteiger partial charge in [-0.2, -0.15) is 0 Å². The monoisotopic (exact) mass is 194 g/mol. The zero-order valence-electron chi connectivity index (χ0n) is 8.70. The van der Waals surface area contributed by atoms with Crippen LogP contribution in [0.1, 0.15) is 27.2 Å². The molecule has 0 aromatic rings. The molecule has 1 amide bonds. The molecule has 2 rings (SSSR count). The molecule has 1 saturated heterocycles. The van der Waals surface area contributed by atoms with Gasteiger partial charge in [-0.3, -0.25) is 4.99 Å². The second-order valence-electron chi connectivity index (χ2n) is 3.68. The van der Waals surface area contributed by atoms with E-state index in [0.717, 1.165) is 18.0 Å². The number of ether oxygens (including phenoxy) is 1. The first-order valence-electron chi connectivity index (χ1n) is 4.82. The fraction of sp³-hybridized carbons (Fsp3) is 0.600. The Morgan fingerprint density at radius 2 is 2.21 bits per heavy atom. The van der Waals surface area contributed by atoms with Gasteiger partial charge in [-0.25, -0.2) is 9.69 Å². The van der Waals surface area contributed by atoms with Crippen molar-refractivity contribution in [3.63, 3.8) is 0 Å². The van der Waals surface area contributed by atoms with Gasteiger partial charge in [0.2, 0.25) is 0 Å². The van der Waals surface area contributed by atoms with Crippen molar-refractivity contribution >= 4 is 11.9 Å². The standard InChI is InChI=1S/C10H14N2O2/c1-6-7(2)11-8(3)12-9(6)4-5-14-10(12)13/h7H,4-5H2,1-3H3/t7-/m0/s1. The third-order valence-corrected chi connectivity index (χ3v) is 2.80. The molecule has 14 heavy (non-hydrogen) atoms. The van der Waals surface area contributed by atoms with Gasteiger partial charge in [-0.05, 0) is 26.3 Å². The van der Waals surface area contributed by atoms with Crippen LogP contribution in [0, 0.1) is 0 Å². The summed E-state index contributed by atoms with van der Waals surface area (Å²) in [6.07, 6.45) is 0.508. The summed E-state index contributed by atoms with van der Waals surface area (Å²) in [5, 5.41) is 0.